The van der Waals surface area contributed by atoms with Crippen LogP contribution >= 0.6 is 11.3 Å². The van der Waals surface area contributed by atoms with Crippen LogP contribution in [0.3, 0.4) is 0 Å². The lowest BCUT2D eigenvalue weighted by Gasteiger charge is -2.22. The van der Waals surface area contributed by atoms with Crippen LogP contribution in [-0.2, 0) is 11.8 Å². The fourth-order valence-corrected chi connectivity index (χ4v) is 3.51. The van der Waals surface area contributed by atoms with Crippen LogP contribution in [0, 0.1) is 0 Å². The summed E-state index contributed by atoms with van der Waals surface area (Å²) < 4.78 is 7.05. The monoisotopic (exact) mass is 342 g/mol. The minimum atomic E-state index is -0.281. The molecule has 1 aliphatic rings. The fourth-order valence-electron chi connectivity index (χ4n) is 2.89. The summed E-state index contributed by atoms with van der Waals surface area (Å²) in [6, 6.07) is 7.17. The Hall–Kier alpha value is -2.87. The Bertz CT molecular complexity index is 896. The second kappa shape index (κ2) is 5.64. The summed E-state index contributed by atoms with van der Waals surface area (Å²) in [6.45, 7) is 0. The molecule has 4 heterocycles. The molecule has 0 aromatic carbocycles. The molecule has 3 aromatic heterocycles. The predicted molar refractivity (Wildman–Crippen MR) is 89.3 cm³/mol. The van der Waals surface area contributed by atoms with Crippen molar-refractivity contribution < 1.29 is 14.0 Å². The number of thiophene rings is 1. The summed E-state index contributed by atoms with van der Waals surface area (Å²) in [5, 5.41) is 11.9. The molecule has 7 nitrogen and oxygen atoms in total. The second-order valence-electron chi connectivity index (χ2n) is 5.49. The first-order valence-corrected chi connectivity index (χ1v) is 8.26. The molecule has 8 heteroatoms. The molecule has 0 fully saturated rings. The lowest BCUT2D eigenvalue weighted by Crippen LogP contribution is -2.25. The van der Waals surface area contributed by atoms with Gasteiger partial charge in [-0.2, -0.15) is 5.10 Å². The maximum absolute atomic E-state index is 12.4. The molecule has 2 N–H and O–H groups in total. The highest BCUT2D eigenvalue weighted by molar-refractivity contribution is 7.12. The first-order valence-electron chi connectivity index (χ1n) is 7.38. The highest BCUT2D eigenvalue weighted by Crippen LogP contribution is 2.41. The number of aromatic nitrogens is 2. The van der Waals surface area contributed by atoms with Gasteiger partial charge in [-0.25, -0.2) is 0 Å². The average molecular weight is 342 g/mol. The Morgan fingerprint density at radius 3 is 3.04 bits per heavy atom. The molecule has 0 radical (unpaired) electrons. The van der Waals surface area contributed by atoms with E-state index >= 15 is 0 Å². The van der Waals surface area contributed by atoms with E-state index in [9.17, 15) is 9.59 Å². The topological polar surface area (TPSA) is 89.2 Å². The van der Waals surface area contributed by atoms with E-state index in [2.05, 4.69) is 15.7 Å². The van der Waals surface area contributed by atoms with Crippen molar-refractivity contribution in [1.82, 2.24) is 9.78 Å². The van der Waals surface area contributed by atoms with Gasteiger partial charge in [0.25, 0.3) is 5.91 Å². The SMILES string of the molecule is Cn1nc(NC(=O)c2cccs2)c2c1NC(=O)CC2c1ccco1. The molecule has 24 heavy (non-hydrogen) atoms. The zero-order chi connectivity index (χ0) is 16.7. The van der Waals surface area contributed by atoms with Crippen molar-refractivity contribution in [3.05, 3.63) is 52.1 Å². The van der Waals surface area contributed by atoms with E-state index in [0.717, 1.165) is 5.56 Å². The van der Waals surface area contributed by atoms with Gasteiger partial charge in [-0.15, -0.1) is 11.3 Å². The van der Waals surface area contributed by atoms with Gasteiger partial charge in [0.15, 0.2) is 5.82 Å². The summed E-state index contributed by atoms with van der Waals surface area (Å²) >= 11 is 1.36. The lowest BCUT2D eigenvalue weighted by molar-refractivity contribution is -0.116. The van der Waals surface area contributed by atoms with E-state index in [1.807, 2.05) is 17.5 Å². The van der Waals surface area contributed by atoms with Gasteiger partial charge in [0.1, 0.15) is 11.6 Å². The maximum Gasteiger partial charge on any atom is 0.266 e. The largest absolute Gasteiger partial charge is 0.469 e. The minimum absolute atomic E-state index is 0.108. The van der Waals surface area contributed by atoms with Gasteiger partial charge in [0, 0.05) is 13.5 Å². The van der Waals surface area contributed by atoms with Gasteiger partial charge < -0.3 is 15.1 Å². The van der Waals surface area contributed by atoms with Crippen molar-refractivity contribution >= 4 is 34.8 Å². The second-order valence-corrected chi connectivity index (χ2v) is 6.43. The van der Waals surface area contributed by atoms with Crippen molar-refractivity contribution in [3.8, 4) is 0 Å². The van der Waals surface area contributed by atoms with Crippen molar-refractivity contribution in [3.63, 3.8) is 0 Å². The minimum Gasteiger partial charge on any atom is -0.469 e. The van der Waals surface area contributed by atoms with Crippen LogP contribution in [0.25, 0.3) is 0 Å². The number of rotatable bonds is 3. The fraction of sp³-hybridized carbons (Fsp3) is 0.188. The maximum atomic E-state index is 12.4. The third-order valence-electron chi connectivity index (χ3n) is 3.94. The molecular formula is C16H14N4O3S. The number of hydrogen-bond donors (Lipinski definition) is 2. The summed E-state index contributed by atoms with van der Waals surface area (Å²) in [7, 11) is 1.73. The van der Waals surface area contributed by atoms with Gasteiger partial charge in [-0.3, -0.25) is 14.3 Å². The summed E-state index contributed by atoms with van der Waals surface area (Å²) in [6.07, 6.45) is 1.82. The van der Waals surface area contributed by atoms with E-state index in [1.165, 1.54) is 11.3 Å². The first kappa shape index (κ1) is 14.7. The number of fused-ring (bicyclic) bond motifs is 1. The van der Waals surface area contributed by atoms with Crippen molar-refractivity contribution in [1.29, 1.82) is 0 Å². The molecule has 3 aromatic rings. The van der Waals surface area contributed by atoms with Crippen molar-refractivity contribution in [2.45, 2.75) is 12.3 Å². The zero-order valence-electron chi connectivity index (χ0n) is 12.8. The molecule has 1 atom stereocenters. The van der Waals surface area contributed by atoms with Crippen LogP contribution in [0.5, 0.6) is 0 Å². The quantitative estimate of drug-likeness (QED) is 0.766. The third-order valence-corrected chi connectivity index (χ3v) is 4.81. The number of aryl methyl sites for hydroxylation is 1. The van der Waals surface area contributed by atoms with Gasteiger partial charge in [0.2, 0.25) is 5.91 Å². The van der Waals surface area contributed by atoms with Crippen LogP contribution in [0.1, 0.15) is 33.3 Å². The van der Waals surface area contributed by atoms with E-state index in [0.29, 0.717) is 22.3 Å². The summed E-state index contributed by atoms with van der Waals surface area (Å²) in [5.74, 6) is 1.08. The third kappa shape index (κ3) is 2.41. The number of furan rings is 1. The Labute approximate surface area is 141 Å². The Morgan fingerprint density at radius 2 is 2.33 bits per heavy atom. The molecule has 0 saturated carbocycles. The number of nitrogens with one attached hydrogen (secondary N) is 2. The van der Waals surface area contributed by atoms with Crippen LogP contribution in [-0.4, -0.2) is 21.6 Å². The predicted octanol–water partition coefficient (Wildman–Crippen LogP) is 2.80. The van der Waals surface area contributed by atoms with Crippen molar-refractivity contribution in [2.24, 2.45) is 7.05 Å². The number of carbonyl (C=O) groups is 2. The first-order chi connectivity index (χ1) is 11.6. The summed E-state index contributed by atoms with van der Waals surface area (Å²) in [4.78, 5) is 25.0. The molecule has 1 unspecified atom stereocenters. The normalized spacial score (nSPS) is 16.5. The number of nitrogens with zero attached hydrogens (tertiary/aromatic N) is 2. The van der Waals surface area contributed by atoms with E-state index in [-0.39, 0.29) is 24.2 Å². The van der Waals surface area contributed by atoms with Gasteiger partial charge in [-0.05, 0) is 23.6 Å². The molecule has 0 saturated heterocycles. The molecular weight excluding hydrogens is 328 g/mol. The lowest BCUT2D eigenvalue weighted by atomic mass is 9.91. The Morgan fingerprint density at radius 1 is 1.46 bits per heavy atom. The Balaban J connectivity index is 1.76. The van der Waals surface area contributed by atoms with Crippen molar-refractivity contribution in [2.75, 3.05) is 10.6 Å². The molecule has 1 aliphatic heterocycles. The number of carbonyl (C=O) groups excluding carboxylic acids is 2. The summed E-state index contributed by atoms with van der Waals surface area (Å²) in [5.41, 5.74) is 0.761. The van der Waals surface area contributed by atoms with E-state index in [1.54, 1.807) is 30.1 Å². The van der Waals surface area contributed by atoms with Gasteiger partial charge in [-0.1, -0.05) is 6.07 Å². The van der Waals surface area contributed by atoms with E-state index < -0.39 is 0 Å². The highest BCUT2D eigenvalue weighted by Gasteiger charge is 2.35. The smallest absolute Gasteiger partial charge is 0.266 e. The van der Waals surface area contributed by atoms with Crippen LogP contribution in [0.2, 0.25) is 0 Å². The molecule has 0 aliphatic carbocycles. The molecule has 0 spiro atoms. The Kier molecular flexibility index (Phi) is 3.46. The number of hydrogen-bond acceptors (Lipinski definition) is 5. The standard InChI is InChI=1S/C16H14N4O3S/c1-20-15-13(9(8-12(21)17-15)10-4-2-6-23-10)14(19-20)18-16(22)11-5-3-7-24-11/h2-7,9H,8H2,1H3,(H,17,21)(H,18,19,22). The van der Waals surface area contributed by atoms with Crippen LogP contribution in [0.4, 0.5) is 11.6 Å². The van der Waals surface area contributed by atoms with Crippen LogP contribution < -0.4 is 10.6 Å². The zero-order valence-corrected chi connectivity index (χ0v) is 13.6. The average Bonchev–Trinajstić information content (AvgIpc) is 3.29. The van der Waals surface area contributed by atoms with E-state index in [4.69, 9.17) is 4.42 Å². The number of anilines is 2. The molecule has 122 valence electrons. The van der Waals surface area contributed by atoms with Gasteiger partial charge >= 0.3 is 0 Å². The van der Waals surface area contributed by atoms with Gasteiger partial charge in [0.05, 0.1) is 22.6 Å². The number of amides is 2. The molecule has 2 amide bonds. The molecule has 0 bridgehead atoms. The van der Waals surface area contributed by atoms with Crippen LogP contribution in [0.15, 0.2) is 40.3 Å². The highest BCUT2D eigenvalue weighted by atomic mass is 32.1. The molecule has 4 rings (SSSR count).